The predicted molar refractivity (Wildman–Crippen MR) is 60.1 cm³/mol. The summed E-state index contributed by atoms with van der Waals surface area (Å²) in [6.07, 6.45) is 1.17. The van der Waals surface area contributed by atoms with E-state index in [0.29, 0.717) is 5.92 Å². The number of hydrogen-bond donors (Lipinski definition) is 1. The molecule has 1 aliphatic rings. The molecule has 0 saturated carbocycles. The van der Waals surface area contributed by atoms with E-state index in [4.69, 9.17) is 4.74 Å². The number of benzene rings is 1. The van der Waals surface area contributed by atoms with Crippen molar-refractivity contribution in [3.05, 3.63) is 30.1 Å². The van der Waals surface area contributed by atoms with Crippen molar-refractivity contribution in [3.8, 4) is 5.75 Å². The maximum absolute atomic E-state index is 12.6. The average molecular weight is 232 g/mol. The lowest BCUT2D eigenvalue weighted by atomic mass is 10.1. The molecule has 0 spiro atoms. The van der Waals surface area contributed by atoms with Crippen LogP contribution in [0.25, 0.3) is 0 Å². The fraction of sp³-hybridized carbons (Fsp3) is 0.455. The Balaban J connectivity index is 0.00000112. The van der Waals surface area contributed by atoms with Gasteiger partial charge in [0, 0.05) is 12.5 Å². The van der Waals surface area contributed by atoms with Crippen LogP contribution in [0.15, 0.2) is 24.3 Å². The van der Waals surface area contributed by atoms with Gasteiger partial charge in [0.15, 0.2) is 0 Å². The molecule has 1 unspecified atom stereocenters. The molecule has 2 nitrogen and oxygen atoms in total. The third kappa shape index (κ3) is 3.68. The summed E-state index contributed by atoms with van der Waals surface area (Å²) in [6, 6.07) is 6.17. The molecule has 1 atom stereocenters. The van der Waals surface area contributed by atoms with Gasteiger partial charge in [-0.05, 0) is 37.2 Å². The molecule has 1 aromatic carbocycles. The summed E-state index contributed by atoms with van der Waals surface area (Å²) in [7, 11) is 0. The van der Waals surface area contributed by atoms with Crippen LogP contribution in [0.3, 0.4) is 0 Å². The highest BCUT2D eigenvalue weighted by Crippen LogP contribution is 2.14. The fourth-order valence-electron chi connectivity index (χ4n) is 1.60. The lowest BCUT2D eigenvalue weighted by molar-refractivity contribution is 0.260. The number of rotatable bonds is 3. The van der Waals surface area contributed by atoms with Gasteiger partial charge in [0.1, 0.15) is 11.6 Å². The number of ether oxygens (including phenoxy) is 1. The average Bonchev–Trinajstić information content (AvgIpc) is 2.70. The second-order valence-corrected chi connectivity index (χ2v) is 3.62. The first-order valence-corrected chi connectivity index (χ1v) is 4.94. The smallest absolute Gasteiger partial charge is 0.123 e. The van der Waals surface area contributed by atoms with Crippen LogP contribution in [-0.2, 0) is 0 Å². The summed E-state index contributed by atoms with van der Waals surface area (Å²) < 4.78 is 18.1. The van der Waals surface area contributed by atoms with Crippen molar-refractivity contribution in [2.45, 2.75) is 6.42 Å². The summed E-state index contributed by atoms with van der Waals surface area (Å²) in [5.41, 5.74) is 0. The van der Waals surface area contributed by atoms with Crippen LogP contribution in [0.5, 0.6) is 5.75 Å². The molecule has 84 valence electrons. The van der Waals surface area contributed by atoms with Gasteiger partial charge in [-0.2, -0.15) is 0 Å². The van der Waals surface area contributed by atoms with Crippen LogP contribution in [0.2, 0.25) is 0 Å². The van der Waals surface area contributed by atoms with Crippen LogP contribution >= 0.6 is 12.4 Å². The van der Waals surface area contributed by atoms with Gasteiger partial charge in [-0.25, -0.2) is 4.39 Å². The molecule has 15 heavy (non-hydrogen) atoms. The SMILES string of the molecule is Cl.Fc1ccc(OCC2CCNC2)cc1. The summed E-state index contributed by atoms with van der Waals surface area (Å²) in [5, 5.41) is 3.28. The zero-order valence-corrected chi connectivity index (χ0v) is 9.23. The minimum atomic E-state index is -0.222. The Morgan fingerprint density at radius 1 is 1.33 bits per heavy atom. The van der Waals surface area contributed by atoms with Crippen LogP contribution in [-0.4, -0.2) is 19.7 Å². The molecule has 0 radical (unpaired) electrons. The van der Waals surface area contributed by atoms with Gasteiger partial charge >= 0.3 is 0 Å². The largest absolute Gasteiger partial charge is 0.493 e. The maximum Gasteiger partial charge on any atom is 0.123 e. The van der Waals surface area contributed by atoms with Crippen molar-refractivity contribution in [2.75, 3.05) is 19.7 Å². The number of hydrogen-bond acceptors (Lipinski definition) is 2. The van der Waals surface area contributed by atoms with Gasteiger partial charge in [0.05, 0.1) is 6.61 Å². The highest BCUT2D eigenvalue weighted by molar-refractivity contribution is 5.85. The normalized spacial score (nSPS) is 19.7. The summed E-state index contributed by atoms with van der Waals surface area (Å²) in [4.78, 5) is 0. The molecular formula is C11H15ClFNO. The van der Waals surface area contributed by atoms with Crippen molar-refractivity contribution < 1.29 is 9.13 Å². The third-order valence-corrected chi connectivity index (χ3v) is 2.46. The molecular weight excluding hydrogens is 217 g/mol. The number of halogens is 2. The Hall–Kier alpha value is -0.800. The lowest BCUT2D eigenvalue weighted by Gasteiger charge is -2.10. The Bertz CT molecular complexity index is 285. The monoisotopic (exact) mass is 231 g/mol. The molecule has 0 aliphatic carbocycles. The molecule has 0 aromatic heterocycles. The van der Waals surface area contributed by atoms with Crippen LogP contribution in [0.1, 0.15) is 6.42 Å². The highest BCUT2D eigenvalue weighted by atomic mass is 35.5. The van der Waals surface area contributed by atoms with Gasteiger partial charge < -0.3 is 10.1 Å². The summed E-state index contributed by atoms with van der Waals surface area (Å²) in [6.45, 7) is 2.83. The van der Waals surface area contributed by atoms with E-state index < -0.39 is 0 Å². The van der Waals surface area contributed by atoms with Gasteiger partial charge in [0.25, 0.3) is 0 Å². The zero-order chi connectivity index (χ0) is 9.80. The predicted octanol–water partition coefficient (Wildman–Crippen LogP) is 2.24. The summed E-state index contributed by atoms with van der Waals surface area (Å²) >= 11 is 0. The molecule has 1 fully saturated rings. The van der Waals surface area contributed by atoms with Crippen LogP contribution in [0.4, 0.5) is 4.39 Å². The van der Waals surface area contributed by atoms with E-state index in [1.807, 2.05) is 0 Å². The topological polar surface area (TPSA) is 21.3 Å². The molecule has 1 heterocycles. The second kappa shape index (κ2) is 5.93. The summed E-state index contributed by atoms with van der Waals surface area (Å²) in [5.74, 6) is 1.12. The Morgan fingerprint density at radius 3 is 2.67 bits per heavy atom. The Morgan fingerprint density at radius 2 is 2.07 bits per heavy atom. The molecule has 1 saturated heterocycles. The molecule has 1 N–H and O–H groups in total. The lowest BCUT2D eigenvalue weighted by Crippen LogP contribution is -2.15. The maximum atomic E-state index is 12.6. The minimum absolute atomic E-state index is 0. The van der Waals surface area contributed by atoms with E-state index in [1.54, 1.807) is 12.1 Å². The van der Waals surface area contributed by atoms with E-state index in [-0.39, 0.29) is 18.2 Å². The first-order chi connectivity index (χ1) is 6.84. The second-order valence-electron chi connectivity index (χ2n) is 3.62. The van der Waals surface area contributed by atoms with E-state index >= 15 is 0 Å². The van der Waals surface area contributed by atoms with Crippen molar-refractivity contribution in [1.29, 1.82) is 0 Å². The third-order valence-electron chi connectivity index (χ3n) is 2.46. The first kappa shape index (κ1) is 12.3. The van der Waals surface area contributed by atoms with E-state index in [0.717, 1.165) is 25.4 Å². The van der Waals surface area contributed by atoms with Crippen molar-refractivity contribution in [2.24, 2.45) is 5.92 Å². The standard InChI is InChI=1S/C11H14FNO.ClH/c12-10-1-3-11(4-2-10)14-8-9-5-6-13-7-9;/h1-4,9,13H,5-8H2;1H. The molecule has 2 rings (SSSR count). The molecule has 0 amide bonds. The highest BCUT2D eigenvalue weighted by Gasteiger charge is 2.14. The van der Waals surface area contributed by atoms with Gasteiger partial charge in [-0.3, -0.25) is 0 Å². The van der Waals surface area contributed by atoms with Gasteiger partial charge in [0.2, 0.25) is 0 Å². The molecule has 4 heteroatoms. The van der Waals surface area contributed by atoms with E-state index in [1.165, 1.54) is 18.6 Å². The van der Waals surface area contributed by atoms with Crippen molar-refractivity contribution in [3.63, 3.8) is 0 Å². The Labute approximate surface area is 95.2 Å². The van der Waals surface area contributed by atoms with Gasteiger partial charge in [-0.15, -0.1) is 12.4 Å². The fourth-order valence-corrected chi connectivity index (χ4v) is 1.60. The van der Waals surface area contributed by atoms with Gasteiger partial charge in [-0.1, -0.05) is 0 Å². The van der Waals surface area contributed by atoms with E-state index in [2.05, 4.69) is 5.32 Å². The molecule has 0 bridgehead atoms. The first-order valence-electron chi connectivity index (χ1n) is 4.94. The van der Waals surface area contributed by atoms with Crippen LogP contribution < -0.4 is 10.1 Å². The molecule has 1 aromatic rings. The van der Waals surface area contributed by atoms with Crippen molar-refractivity contribution >= 4 is 12.4 Å². The van der Waals surface area contributed by atoms with Crippen molar-refractivity contribution in [1.82, 2.24) is 5.32 Å². The zero-order valence-electron chi connectivity index (χ0n) is 8.41. The quantitative estimate of drug-likeness (QED) is 0.862. The Kier molecular flexibility index (Phi) is 4.85. The molecule has 1 aliphatic heterocycles. The number of nitrogens with one attached hydrogen (secondary N) is 1. The van der Waals surface area contributed by atoms with E-state index in [9.17, 15) is 4.39 Å². The minimum Gasteiger partial charge on any atom is -0.493 e. The van der Waals surface area contributed by atoms with Crippen LogP contribution in [0, 0.1) is 11.7 Å².